The van der Waals surface area contributed by atoms with E-state index in [0.29, 0.717) is 0 Å². The van der Waals surface area contributed by atoms with Gasteiger partial charge in [0, 0.05) is 55.8 Å². The molecule has 0 unspecified atom stereocenters. The van der Waals surface area contributed by atoms with Crippen molar-refractivity contribution < 1.29 is 51.0 Å². The molecule has 0 aliphatic heterocycles. The normalized spacial score (nSPS) is 10.5. The van der Waals surface area contributed by atoms with E-state index in [2.05, 4.69) is 53.8 Å². The Bertz CT molecular complexity index is 3270. The summed E-state index contributed by atoms with van der Waals surface area (Å²) in [5, 5.41) is 12.8. The number of nitrogens with zero attached hydrogens (tertiary/aromatic N) is 7. The van der Waals surface area contributed by atoms with Gasteiger partial charge in [0.05, 0.1) is 11.3 Å². The second-order valence-electron chi connectivity index (χ2n) is 14.8. The minimum absolute atomic E-state index is 0. The maximum absolute atomic E-state index is 5.97. The van der Waals surface area contributed by atoms with Crippen molar-refractivity contribution >= 4 is 79.3 Å². The number of hydrogen-bond acceptors (Lipinski definition) is 7. The van der Waals surface area contributed by atoms with Gasteiger partial charge < -0.3 is 34.4 Å². The number of aromatic nitrogens is 3. The van der Waals surface area contributed by atoms with Crippen LogP contribution < -0.4 is 0 Å². The molecule has 0 aliphatic rings. The van der Waals surface area contributed by atoms with E-state index in [-0.39, 0.29) is 42.1 Å². The molecule has 0 fully saturated rings. The van der Waals surface area contributed by atoms with Crippen molar-refractivity contribution in [3.05, 3.63) is 260 Å². The topological polar surface area (TPSA) is 118 Å². The van der Waals surface area contributed by atoms with Gasteiger partial charge in [-0.05, 0) is 64.8 Å². The third-order valence-corrected chi connectivity index (χ3v) is 10.3. The summed E-state index contributed by atoms with van der Waals surface area (Å²) in [6.45, 7) is 0. The summed E-state index contributed by atoms with van der Waals surface area (Å²) in [6.07, 6.45) is 8.49. The van der Waals surface area contributed by atoms with Gasteiger partial charge in [-0.1, -0.05) is 200 Å². The van der Waals surface area contributed by atoms with Crippen molar-refractivity contribution in [3.8, 4) is 22.6 Å². The Kier molecular flexibility index (Phi) is 18.4. The Morgan fingerprint density at radius 1 is 0.400 bits per heavy atom. The molecular formula is C59H42N7O2Pt2-. The number of furan rings is 2. The third-order valence-electron chi connectivity index (χ3n) is 10.3. The van der Waals surface area contributed by atoms with Crippen LogP contribution >= 0.6 is 0 Å². The van der Waals surface area contributed by atoms with Gasteiger partial charge in [-0.15, -0.1) is 18.2 Å². The summed E-state index contributed by atoms with van der Waals surface area (Å²) < 4.78 is 11.9. The van der Waals surface area contributed by atoms with Crippen LogP contribution in [0.25, 0.3) is 77.2 Å². The molecule has 12 aromatic rings. The smallest absolute Gasteiger partial charge is 0.501 e. The van der Waals surface area contributed by atoms with Crippen molar-refractivity contribution in [2.45, 2.75) is 0 Å². The molecular weight excluding hydrogens is 1230 g/mol. The van der Waals surface area contributed by atoms with Crippen molar-refractivity contribution in [2.75, 3.05) is 0 Å². The number of pyridine rings is 3. The molecule has 5 aromatic heterocycles. The van der Waals surface area contributed by atoms with Gasteiger partial charge in [0.1, 0.15) is 16.9 Å². The number of benzene rings is 7. The van der Waals surface area contributed by atoms with Crippen LogP contribution in [-0.2, 0) is 42.1 Å². The molecule has 70 heavy (non-hydrogen) atoms. The molecule has 0 amide bonds. The molecule has 11 heteroatoms. The monoisotopic (exact) mass is 1270 g/mol. The van der Waals surface area contributed by atoms with Crippen molar-refractivity contribution in [2.24, 2.45) is 9.98 Å². The molecule has 9 nitrogen and oxygen atoms in total. The molecule has 7 aromatic carbocycles. The number of hydrogen-bond donors (Lipinski definition) is 0. The molecule has 0 saturated carbocycles. The van der Waals surface area contributed by atoms with E-state index in [0.717, 1.165) is 89.3 Å². The van der Waals surface area contributed by atoms with Gasteiger partial charge in [0.15, 0.2) is 5.58 Å². The Labute approximate surface area is 434 Å². The first kappa shape index (κ1) is 49.8. The standard InChI is InChI=1S/C17H10NO.C16H10N2O.2C13H11N2.2Pt/c1-2-10-16-12(6-1)13-7-5-8-14(17(13)19-16)15-9-3-4-11-18-15;1-2-7-14-11(5-1)12-8-10-18-15(16(12)19-14)13-6-3-4-9-17-13;2*1-3-7-12(8-4-1)14-11-15-13-9-5-2-6-10-13;;/h1-7,9-11H;1-10H;2*1-11H;;/q-1;;2*-1;;+2. The fourth-order valence-electron chi connectivity index (χ4n) is 7.11. The average Bonchev–Trinajstić information content (AvgIpc) is 4.00. The first-order valence-electron chi connectivity index (χ1n) is 21.8. The summed E-state index contributed by atoms with van der Waals surface area (Å²) in [7, 11) is 0. The SMILES string of the molecule is C(=Nc1ccccc1)[N-]c1ccccc1.C(=Nc1ccccc1)[N-]c1ccccc1.[Pt+2].[Pt].[c-]1ccc2c(oc3ccccc32)c1-c1ccccn1.c1ccc(-c2nccc3c2oc2ccccc23)nc1. The minimum Gasteiger partial charge on any atom is -0.501 e. The molecule has 0 bridgehead atoms. The van der Waals surface area contributed by atoms with E-state index in [1.807, 2.05) is 212 Å². The van der Waals surface area contributed by atoms with E-state index < -0.39 is 0 Å². The van der Waals surface area contributed by atoms with Crippen LogP contribution in [0.1, 0.15) is 0 Å². The second kappa shape index (κ2) is 25.9. The summed E-state index contributed by atoms with van der Waals surface area (Å²) in [5.41, 5.74) is 10.5. The van der Waals surface area contributed by atoms with Crippen LogP contribution in [0.5, 0.6) is 0 Å². The van der Waals surface area contributed by atoms with Crippen LogP contribution in [0, 0.1) is 6.07 Å². The first-order chi connectivity index (χ1) is 33.8. The largest absolute Gasteiger partial charge is 2.00 e. The zero-order chi connectivity index (χ0) is 46.0. The van der Waals surface area contributed by atoms with Crippen molar-refractivity contribution in [1.29, 1.82) is 0 Å². The van der Waals surface area contributed by atoms with Gasteiger partial charge in [0.2, 0.25) is 0 Å². The maximum atomic E-state index is 5.97. The van der Waals surface area contributed by atoms with E-state index in [9.17, 15) is 0 Å². The molecule has 12 rings (SSSR count). The summed E-state index contributed by atoms with van der Waals surface area (Å²) in [5.74, 6) is 0. The summed E-state index contributed by atoms with van der Waals surface area (Å²) in [6, 6.07) is 75.9. The number of fused-ring (bicyclic) bond motifs is 6. The molecule has 0 aliphatic carbocycles. The van der Waals surface area contributed by atoms with Crippen LogP contribution in [0.4, 0.5) is 22.7 Å². The van der Waals surface area contributed by atoms with Gasteiger partial charge in [0.25, 0.3) is 0 Å². The summed E-state index contributed by atoms with van der Waals surface area (Å²) in [4.78, 5) is 21.6. The molecule has 5 heterocycles. The fraction of sp³-hybridized carbons (Fsp3) is 0. The van der Waals surface area contributed by atoms with E-state index in [4.69, 9.17) is 8.83 Å². The molecule has 0 atom stereocenters. The van der Waals surface area contributed by atoms with Crippen LogP contribution in [-0.4, -0.2) is 27.6 Å². The summed E-state index contributed by atoms with van der Waals surface area (Å²) >= 11 is 0. The Morgan fingerprint density at radius 3 is 1.36 bits per heavy atom. The average molecular weight is 1270 g/mol. The van der Waals surface area contributed by atoms with E-state index in [1.165, 1.54) is 0 Å². The van der Waals surface area contributed by atoms with Crippen LogP contribution in [0.15, 0.2) is 262 Å². The molecule has 0 spiro atoms. The van der Waals surface area contributed by atoms with Gasteiger partial charge >= 0.3 is 21.1 Å². The Morgan fingerprint density at radius 2 is 0.843 bits per heavy atom. The second-order valence-corrected chi connectivity index (χ2v) is 14.8. The zero-order valence-corrected chi connectivity index (χ0v) is 41.9. The van der Waals surface area contributed by atoms with Crippen LogP contribution in [0.3, 0.4) is 0 Å². The molecule has 0 radical (unpaired) electrons. The molecule has 0 saturated heterocycles. The van der Waals surface area contributed by atoms with Crippen LogP contribution in [0.2, 0.25) is 0 Å². The molecule has 346 valence electrons. The van der Waals surface area contributed by atoms with Crippen molar-refractivity contribution in [3.63, 3.8) is 0 Å². The quantitative estimate of drug-likeness (QED) is 0.0853. The van der Waals surface area contributed by atoms with E-state index in [1.54, 1.807) is 31.3 Å². The minimum atomic E-state index is 0. The molecule has 0 N–H and O–H groups in total. The zero-order valence-electron chi connectivity index (χ0n) is 37.3. The van der Waals surface area contributed by atoms with Gasteiger partial charge in [-0.25, -0.2) is 0 Å². The first-order valence-corrected chi connectivity index (χ1v) is 21.8. The number of rotatable bonds is 8. The fourth-order valence-corrected chi connectivity index (χ4v) is 7.11. The predicted molar refractivity (Wildman–Crippen MR) is 279 cm³/mol. The third kappa shape index (κ3) is 13.1. The van der Waals surface area contributed by atoms with Gasteiger partial charge in [-0.3, -0.25) is 9.97 Å². The van der Waals surface area contributed by atoms with Crippen molar-refractivity contribution in [1.82, 2.24) is 15.0 Å². The maximum Gasteiger partial charge on any atom is 2.00 e. The number of para-hydroxylation sites is 6. The van der Waals surface area contributed by atoms with Gasteiger partial charge in [-0.2, -0.15) is 0 Å². The Hall–Kier alpha value is -8.09. The Balaban J connectivity index is 0.000000137. The predicted octanol–water partition coefficient (Wildman–Crippen LogP) is 16.6. The number of aliphatic imine (C=N–C) groups is 2. The van der Waals surface area contributed by atoms with E-state index >= 15 is 0 Å².